The fourth-order valence-electron chi connectivity index (χ4n) is 2.49. The minimum absolute atomic E-state index is 0.0236. The van der Waals surface area contributed by atoms with Gasteiger partial charge in [-0.1, -0.05) is 18.2 Å². The quantitative estimate of drug-likeness (QED) is 0.680. The fourth-order valence-corrected chi connectivity index (χ4v) is 5.38. The summed E-state index contributed by atoms with van der Waals surface area (Å²) in [7, 11) is 1.41. The highest BCUT2D eigenvalue weighted by Crippen LogP contribution is 2.43. The number of halogens is 1. The van der Waals surface area contributed by atoms with Crippen molar-refractivity contribution in [3.05, 3.63) is 65.0 Å². The largest absolute Gasteiger partial charge is 0.494 e. The van der Waals surface area contributed by atoms with Crippen LogP contribution < -0.4 is 4.74 Å². The molecule has 6 heteroatoms. The Kier molecular flexibility index (Phi) is 6.26. The van der Waals surface area contributed by atoms with Crippen molar-refractivity contribution in [1.82, 2.24) is 0 Å². The van der Waals surface area contributed by atoms with E-state index in [1.165, 1.54) is 42.7 Å². The number of carbonyl (C=O) groups excluding carboxylic acids is 1. The van der Waals surface area contributed by atoms with Crippen LogP contribution in [-0.2, 0) is 11.3 Å². The Morgan fingerprint density at radius 1 is 1.16 bits per heavy atom. The maximum Gasteiger partial charge on any atom is 0.338 e. The van der Waals surface area contributed by atoms with Crippen LogP contribution in [0.3, 0.4) is 0 Å². The third-order valence-electron chi connectivity index (χ3n) is 3.83. The van der Waals surface area contributed by atoms with E-state index in [2.05, 4.69) is 0 Å². The molecule has 0 N–H and O–H groups in total. The maximum absolute atomic E-state index is 13.6. The molecule has 0 radical (unpaired) electrons. The third kappa shape index (κ3) is 4.70. The van der Waals surface area contributed by atoms with E-state index >= 15 is 0 Å². The molecule has 1 fully saturated rings. The van der Waals surface area contributed by atoms with Gasteiger partial charge in [0.25, 0.3) is 0 Å². The monoisotopic (exact) mass is 378 g/mol. The number of carbonyl (C=O) groups is 1. The van der Waals surface area contributed by atoms with Gasteiger partial charge in [-0.15, -0.1) is 23.5 Å². The first-order valence-corrected chi connectivity index (χ1v) is 10.1. The number of esters is 1. The van der Waals surface area contributed by atoms with Crippen molar-refractivity contribution in [2.75, 3.05) is 18.6 Å². The van der Waals surface area contributed by atoms with Crippen LogP contribution >= 0.6 is 23.5 Å². The molecule has 25 heavy (non-hydrogen) atoms. The molecular formula is C19H19FO3S2. The van der Waals surface area contributed by atoms with Gasteiger partial charge in [-0.25, -0.2) is 9.18 Å². The van der Waals surface area contributed by atoms with Gasteiger partial charge in [-0.3, -0.25) is 0 Å². The zero-order valence-electron chi connectivity index (χ0n) is 13.9. The molecule has 1 heterocycles. The average molecular weight is 378 g/mol. The van der Waals surface area contributed by atoms with Crippen LogP contribution in [0.4, 0.5) is 4.39 Å². The van der Waals surface area contributed by atoms with Crippen LogP contribution in [-0.4, -0.2) is 24.6 Å². The lowest BCUT2D eigenvalue weighted by Crippen LogP contribution is -2.06. The summed E-state index contributed by atoms with van der Waals surface area (Å²) in [6.45, 7) is 0.0236. The van der Waals surface area contributed by atoms with Gasteiger partial charge in [-0.05, 0) is 53.3 Å². The first-order valence-electron chi connectivity index (χ1n) is 8.00. The Morgan fingerprint density at radius 2 is 1.88 bits per heavy atom. The molecule has 0 aliphatic carbocycles. The van der Waals surface area contributed by atoms with E-state index in [9.17, 15) is 9.18 Å². The van der Waals surface area contributed by atoms with Crippen molar-refractivity contribution in [3.8, 4) is 5.75 Å². The van der Waals surface area contributed by atoms with E-state index in [0.717, 1.165) is 0 Å². The second kappa shape index (κ2) is 8.63. The van der Waals surface area contributed by atoms with Gasteiger partial charge < -0.3 is 9.47 Å². The van der Waals surface area contributed by atoms with E-state index in [1.54, 1.807) is 18.2 Å². The van der Waals surface area contributed by atoms with E-state index in [-0.39, 0.29) is 12.4 Å². The van der Waals surface area contributed by atoms with Gasteiger partial charge in [0.1, 0.15) is 6.61 Å². The second-order valence-corrected chi connectivity index (χ2v) is 8.32. The molecular weight excluding hydrogens is 359 g/mol. The molecule has 1 saturated heterocycles. The molecule has 3 rings (SSSR count). The average Bonchev–Trinajstić information content (AvgIpc) is 2.67. The molecule has 2 aromatic rings. The van der Waals surface area contributed by atoms with Crippen molar-refractivity contribution in [2.24, 2.45) is 0 Å². The normalized spacial score (nSPS) is 15.0. The lowest BCUT2D eigenvalue weighted by atomic mass is 10.1. The van der Waals surface area contributed by atoms with Crippen molar-refractivity contribution >= 4 is 29.5 Å². The summed E-state index contributed by atoms with van der Waals surface area (Å²) in [5.74, 6) is 1.65. The molecule has 1 aliphatic heterocycles. The van der Waals surface area contributed by atoms with E-state index in [0.29, 0.717) is 15.7 Å². The second-order valence-electron chi connectivity index (χ2n) is 5.59. The molecule has 0 aromatic heterocycles. The predicted molar refractivity (Wildman–Crippen MR) is 101 cm³/mol. The van der Waals surface area contributed by atoms with Crippen LogP contribution in [0.1, 0.15) is 32.5 Å². The van der Waals surface area contributed by atoms with Crippen molar-refractivity contribution in [3.63, 3.8) is 0 Å². The van der Waals surface area contributed by atoms with E-state index in [4.69, 9.17) is 9.47 Å². The lowest BCUT2D eigenvalue weighted by molar-refractivity contribution is 0.0472. The van der Waals surface area contributed by atoms with Crippen LogP contribution in [0, 0.1) is 5.82 Å². The molecule has 0 amide bonds. The number of hydrogen-bond acceptors (Lipinski definition) is 5. The van der Waals surface area contributed by atoms with Crippen LogP contribution in [0.15, 0.2) is 42.5 Å². The highest BCUT2D eigenvalue weighted by Gasteiger charge is 2.17. The summed E-state index contributed by atoms with van der Waals surface area (Å²) in [6, 6.07) is 12.1. The SMILES string of the molecule is COc1ccc(COC(=O)c2ccc(C3SCCCS3)cc2)cc1F. The summed E-state index contributed by atoms with van der Waals surface area (Å²) < 4.78 is 24.2. The molecule has 0 atom stereocenters. The Labute approximate surface area is 155 Å². The number of ether oxygens (including phenoxy) is 2. The van der Waals surface area contributed by atoms with E-state index < -0.39 is 11.8 Å². The summed E-state index contributed by atoms with van der Waals surface area (Å²) in [6.07, 6.45) is 1.25. The number of thioether (sulfide) groups is 2. The Hall–Kier alpha value is -1.66. The molecule has 0 saturated carbocycles. The maximum atomic E-state index is 13.6. The zero-order valence-corrected chi connectivity index (χ0v) is 15.5. The summed E-state index contributed by atoms with van der Waals surface area (Å²) in [5, 5.41) is 0. The van der Waals surface area contributed by atoms with Crippen molar-refractivity contribution in [2.45, 2.75) is 17.6 Å². The summed E-state index contributed by atoms with van der Waals surface area (Å²) >= 11 is 3.89. The minimum atomic E-state index is -0.470. The number of benzene rings is 2. The lowest BCUT2D eigenvalue weighted by Gasteiger charge is -2.21. The van der Waals surface area contributed by atoms with Crippen molar-refractivity contribution in [1.29, 1.82) is 0 Å². The zero-order chi connectivity index (χ0) is 17.6. The minimum Gasteiger partial charge on any atom is -0.494 e. The molecule has 0 unspecified atom stereocenters. The van der Waals surface area contributed by atoms with Crippen molar-refractivity contribution < 1.29 is 18.7 Å². The number of rotatable bonds is 5. The van der Waals surface area contributed by atoms with Gasteiger partial charge in [0.05, 0.1) is 17.3 Å². The van der Waals surface area contributed by atoms with Gasteiger partial charge in [0.15, 0.2) is 11.6 Å². The number of hydrogen-bond donors (Lipinski definition) is 0. The van der Waals surface area contributed by atoms with Gasteiger partial charge >= 0.3 is 5.97 Å². The fraction of sp³-hybridized carbons (Fsp3) is 0.316. The first kappa shape index (κ1) is 18.1. The smallest absolute Gasteiger partial charge is 0.338 e. The first-order chi connectivity index (χ1) is 12.2. The summed E-state index contributed by atoms with van der Waals surface area (Å²) in [4.78, 5) is 12.2. The molecule has 1 aliphatic rings. The highest BCUT2D eigenvalue weighted by atomic mass is 32.2. The van der Waals surface area contributed by atoms with E-state index in [1.807, 2.05) is 35.7 Å². The third-order valence-corrected chi connectivity index (χ3v) is 6.85. The van der Waals surface area contributed by atoms with Gasteiger partial charge in [-0.2, -0.15) is 0 Å². The molecule has 0 bridgehead atoms. The molecule has 3 nitrogen and oxygen atoms in total. The Morgan fingerprint density at radius 3 is 2.52 bits per heavy atom. The standard InChI is InChI=1S/C19H19FO3S2/c1-22-17-8-3-13(11-16(17)20)12-23-18(21)14-4-6-15(7-5-14)19-24-9-2-10-25-19/h3-8,11,19H,2,9-10,12H2,1H3. The van der Waals surface area contributed by atoms with Crippen LogP contribution in [0.25, 0.3) is 0 Å². The molecule has 2 aromatic carbocycles. The number of methoxy groups -OCH3 is 1. The summed E-state index contributed by atoms with van der Waals surface area (Å²) in [5.41, 5.74) is 2.31. The molecule has 132 valence electrons. The van der Waals surface area contributed by atoms with Crippen LogP contribution in [0.5, 0.6) is 5.75 Å². The van der Waals surface area contributed by atoms with Crippen LogP contribution in [0.2, 0.25) is 0 Å². The van der Waals surface area contributed by atoms with Gasteiger partial charge in [0, 0.05) is 0 Å². The Bertz CT molecular complexity index is 728. The highest BCUT2D eigenvalue weighted by molar-refractivity contribution is 8.16. The van der Waals surface area contributed by atoms with Gasteiger partial charge in [0.2, 0.25) is 0 Å². The topological polar surface area (TPSA) is 35.5 Å². The predicted octanol–water partition coefficient (Wildman–Crippen LogP) is 5.06. The Balaban J connectivity index is 1.58. The molecule has 0 spiro atoms.